The van der Waals surface area contributed by atoms with Gasteiger partial charge in [0.25, 0.3) is 5.91 Å². The van der Waals surface area contributed by atoms with Crippen LogP contribution in [0.4, 0.5) is 5.69 Å². The van der Waals surface area contributed by atoms with Gasteiger partial charge in [0.1, 0.15) is 5.69 Å². The van der Waals surface area contributed by atoms with Crippen molar-refractivity contribution in [2.45, 2.75) is 13.3 Å². The van der Waals surface area contributed by atoms with Gasteiger partial charge in [0.05, 0.1) is 0 Å². The topological polar surface area (TPSA) is 57.3 Å². The third-order valence-corrected chi connectivity index (χ3v) is 3.65. The quantitative estimate of drug-likeness (QED) is 0.837. The summed E-state index contributed by atoms with van der Waals surface area (Å²) < 4.78 is 0. The van der Waals surface area contributed by atoms with Crippen LogP contribution in [-0.4, -0.2) is 49.0 Å². The molecular formula is C14H22N4O. The van der Waals surface area contributed by atoms with Crippen LogP contribution in [0.25, 0.3) is 0 Å². The van der Waals surface area contributed by atoms with Crippen molar-refractivity contribution in [1.29, 1.82) is 0 Å². The Labute approximate surface area is 114 Å². The summed E-state index contributed by atoms with van der Waals surface area (Å²) in [5, 5.41) is 5.99. The summed E-state index contributed by atoms with van der Waals surface area (Å²) in [4.78, 5) is 18.5. The minimum Gasteiger partial charge on any atom is -0.388 e. The van der Waals surface area contributed by atoms with Gasteiger partial charge in [0, 0.05) is 32.0 Å². The Morgan fingerprint density at radius 3 is 3.11 bits per heavy atom. The van der Waals surface area contributed by atoms with E-state index in [1.54, 1.807) is 12.3 Å². The highest BCUT2D eigenvalue weighted by Crippen LogP contribution is 2.14. The van der Waals surface area contributed by atoms with Crippen LogP contribution in [-0.2, 0) is 0 Å². The molecule has 1 amide bonds. The molecule has 0 aromatic carbocycles. The zero-order chi connectivity index (χ0) is 13.7. The Morgan fingerprint density at radius 1 is 1.58 bits per heavy atom. The molecule has 1 fully saturated rings. The molecule has 104 valence electrons. The zero-order valence-corrected chi connectivity index (χ0v) is 11.6. The van der Waals surface area contributed by atoms with Crippen molar-refractivity contribution in [1.82, 2.24) is 15.2 Å². The summed E-state index contributed by atoms with van der Waals surface area (Å²) in [6.07, 6.45) is 2.81. The summed E-state index contributed by atoms with van der Waals surface area (Å²) in [6, 6.07) is 3.61. The summed E-state index contributed by atoms with van der Waals surface area (Å²) in [5.41, 5.74) is 1.37. The third-order valence-electron chi connectivity index (χ3n) is 3.65. The van der Waals surface area contributed by atoms with E-state index in [-0.39, 0.29) is 5.91 Å². The van der Waals surface area contributed by atoms with Gasteiger partial charge in [-0.3, -0.25) is 9.78 Å². The molecule has 1 aliphatic rings. The molecule has 5 nitrogen and oxygen atoms in total. The lowest BCUT2D eigenvalue weighted by Crippen LogP contribution is -2.31. The van der Waals surface area contributed by atoms with Gasteiger partial charge in [-0.2, -0.15) is 0 Å². The fraction of sp³-hybridized carbons (Fsp3) is 0.571. The Balaban J connectivity index is 1.84. The average Bonchev–Trinajstić information content (AvgIpc) is 2.93. The Bertz CT molecular complexity index is 435. The van der Waals surface area contributed by atoms with Gasteiger partial charge >= 0.3 is 0 Å². The molecule has 2 N–H and O–H groups in total. The number of rotatable bonds is 5. The second-order valence-corrected chi connectivity index (χ2v) is 4.94. The molecule has 0 saturated carbocycles. The minimum atomic E-state index is -0.0907. The highest BCUT2D eigenvalue weighted by Gasteiger charge is 2.21. The Kier molecular flexibility index (Phi) is 4.74. The summed E-state index contributed by atoms with van der Waals surface area (Å²) >= 11 is 0. The second-order valence-electron chi connectivity index (χ2n) is 4.94. The number of amides is 1. The Hall–Kier alpha value is -1.62. The number of pyridine rings is 1. The lowest BCUT2D eigenvalue weighted by Gasteiger charge is -2.13. The fourth-order valence-corrected chi connectivity index (χ4v) is 2.40. The molecule has 1 atom stereocenters. The predicted octanol–water partition coefficient (Wildman–Crippen LogP) is 1.19. The van der Waals surface area contributed by atoms with Crippen molar-refractivity contribution in [3.8, 4) is 0 Å². The van der Waals surface area contributed by atoms with Crippen LogP contribution in [0.3, 0.4) is 0 Å². The van der Waals surface area contributed by atoms with Gasteiger partial charge in [-0.15, -0.1) is 0 Å². The van der Waals surface area contributed by atoms with Crippen molar-refractivity contribution >= 4 is 11.6 Å². The molecule has 0 spiro atoms. The van der Waals surface area contributed by atoms with Gasteiger partial charge in [0.15, 0.2) is 0 Å². The van der Waals surface area contributed by atoms with Crippen molar-refractivity contribution in [3.63, 3.8) is 0 Å². The Morgan fingerprint density at radius 2 is 2.42 bits per heavy atom. The SMILES string of the molecule is CCN1CCC(CNC(=O)c2cc(NC)ccn2)C1. The van der Waals surface area contributed by atoms with Crippen LogP contribution < -0.4 is 10.6 Å². The van der Waals surface area contributed by atoms with Crippen LogP contribution in [0.15, 0.2) is 18.3 Å². The second kappa shape index (κ2) is 6.52. The van der Waals surface area contributed by atoms with Crippen LogP contribution in [0.1, 0.15) is 23.8 Å². The number of nitrogens with zero attached hydrogens (tertiary/aromatic N) is 2. The maximum absolute atomic E-state index is 12.0. The molecule has 0 radical (unpaired) electrons. The minimum absolute atomic E-state index is 0.0907. The standard InChI is InChI=1S/C14H22N4O/c1-3-18-7-5-11(10-18)9-17-14(19)13-8-12(15-2)4-6-16-13/h4,6,8,11H,3,5,7,9-10H2,1-2H3,(H,15,16)(H,17,19). The molecule has 5 heteroatoms. The van der Waals surface area contributed by atoms with Crippen molar-refractivity contribution in [2.24, 2.45) is 5.92 Å². The number of nitrogens with one attached hydrogen (secondary N) is 2. The highest BCUT2D eigenvalue weighted by molar-refractivity contribution is 5.93. The molecule has 1 aliphatic heterocycles. The molecule has 2 rings (SSSR count). The molecule has 0 aliphatic carbocycles. The molecule has 19 heavy (non-hydrogen) atoms. The fourth-order valence-electron chi connectivity index (χ4n) is 2.40. The number of hydrogen-bond donors (Lipinski definition) is 2. The van der Waals surface area contributed by atoms with E-state index in [0.29, 0.717) is 11.6 Å². The first-order valence-corrected chi connectivity index (χ1v) is 6.87. The van der Waals surface area contributed by atoms with E-state index in [9.17, 15) is 4.79 Å². The monoisotopic (exact) mass is 262 g/mol. The summed E-state index contributed by atoms with van der Waals surface area (Å²) in [6.45, 7) is 6.23. The van der Waals surface area contributed by atoms with Crippen molar-refractivity contribution < 1.29 is 4.79 Å². The number of carbonyl (C=O) groups excluding carboxylic acids is 1. The summed E-state index contributed by atoms with van der Waals surface area (Å²) in [7, 11) is 1.83. The molecule has 1 unspecified atom stereocenters. The normalized spacial score (nSPS) is 19.4. The van der Waals surface area contributed by atoms with Crippen molar-refractivity contribution in [2.75, 3.05) is 38.5 Å². The number of carbonyl (C=O) groups is 1. The van der Waals surface area contributed by atoms with Gasteiger partial charge in [0.2, 0.25) is 0 Å². The van der Waals surface area contributed by atoms with Gasteiger partial charge in [-0.05, 0) is 37.6 Å². The van der Waals surface area contributed by atoms with Gasteiger partial charge in [-0.1, -0.05) is 6.92 Å². The van der Waals surface area contributed by atoms with Crippen LogP contribution in [0, 0.1) is 5.92 Å². The predicted molar refractivity (Wildman–Crippen MR) is 76.3 cm³/mol. The number of aromatic nitrogens is 1. The molecule has 1 aromatic rings. The smallest absolute Gasteiger partial charge is 0.269 e. The van der Waals surface area contributed by atoms with E-state index in [1.807, 2.05) is 13.1 Å². The van der Waals surface area contributed by atoms with Crippen molar-refractivity contribution in [3.05, 3.63) is 24.0 Å². The molecule has 1 aromatic heterocycles. The maximum atomic E-state index is 12.0. The number of likely N-dealkylation sites (tertiary alicyclic amines) is 1. The van der Waals surface area contributed by atoms with E-state index in [4.69, 9.17) is 0 Å². The van der Waals surface area contributed by atoms with Crippen LogP contribution in [0.2, 0.25) is 0 Å². The van der Waals surface area contributed by atoms with E-state index in [0.717, 1.165) is 38.3 Å². The van der Waals surface area contributed by atoms with Crippen LogP contribution in [0.5, 0.6) is 0 Å². The first kappa shape index (κ1) is 13.8. The van der Waals surface area contributed by atoms with E-state index < -0.39 is 0 Å². The van der Waals surface area contributed by atoms with E-state index >= 15 is 0 Å². The average molecular weight is 262 g/mol. The van der Waals surface area contributed by atoms with Gasteiger partial charge in [-0.25, -0.2) is 0 Å². The van der Waals surface area contributed by atoms with Crippen LogP contribution >= 0.6 is 0 Å². The summed E-state index contributed by atoms with van der Waals surface area (Å²) in [5.74, 6) is 0.475. The molecular weight excluding hydrogens is 240 g/mol. The lowest BCUT2D eigenvalue weighted by molar-refractivity contribution is 0.0942. The first-order chi connectivity index (χ1) is 9.22. The third kappa shape index (κ3) is 3.67. The first-order valence-electron chi connectivity index (χ1n) is 6.87. The zero-order valence-electron chi connectivity index (χ0n) is 11.6. The highest BCUT2D eigenvalue weighted by atomic mass is 16.1. The maximum Gasteiger partial charge on any atom is 0.269 e. The molecule has 2 heterocycles. The molecule has 0 bridgehead atoms. The van der Waals surface area contributed by atoms with E-state index in [1.165, 1.54) is 0 Å². The number of anilines is 1. The number of hydrogen-bond acceptors (Lipinski definition) is 4. The lowest BCUT2D eigenvalue weighted by atomic mass is 10.1. The van der Waals surface area contributed by atoms with Gasteiger partial charge < -0.3 is 15.5 Å². The largest absolute Gasteiger partial charge is 0.388 e. The molecule has 1 saturated heterocycles. The van der Waals surface area contributed by atoms with E-state index in [2.05, 4.69) is 27.4 Å².